The Labute approximate surface area is 76.7 Å². The van der Waals surface area contributed by atoms with Crippen LogP contribution in [0, 0.1) is 0 Å². The first kappa shape index (κ1) is 10.4. The van der Waals surface area contributed by atoms with Crippen LogP contribution < -0.4 is 0 Å². The molecule has 1 atom stereocenters. The second kappa shape index (κ2) is 3.24. The summed E-state index contributed by atoms with van der Waals surface area (Å²) in [6, 6.07) is 0. The Balaban J connectivity index is 2.91. The molecule has 8 nitrogen and oxygen atoms in total. The van der Waals surface area contributed by atoms with Crippen LogP contribution in [0.2, 0.25) is 0 Å². The quantitative estimate of drug-likeness (QED) is 0.468. The molecule has 1 aliphatic heterocycles. The smallest absolute Gasteiger partial charge is 0.377 e. The second-order valence-corrected chi connectivity index (χ2v) is 2.48. The van der Waals surface area contributed by atoms with Gasteiger partial charge in [0.2, 0.25) is 0 Å². The highest BCUT2D eigenvalue weighted by molar-refractivity contribution is 6.00. The third-order valence-electron chi connectivity index (χ3n) is 1.58. The zero-order valence-electron chi connectivity index (χ0n) is 6.67. The van der Waals surface area contributed by atoms with Gasteiger partial charge in [0.15, 0.2) is 6.10 Å². The first-order chi connectivity index (χ1) is 6.40. The van der Waals surface area contributed by atoms with Crippen LogP contribution in [0.15, 0.2) is 0 Å². The van der Waals surface area contributed by atoms with Gasteiger partial charge in [-0.05, 0) is 0 Å². The molecule has 78 valence electrons. The number of carboxylic acids is 3. The van der Waals surface area contributed by atoms with E-state index in [1.54, 1.807) is 0 Å². The summed E-state index contributed by atoms with van der Waals surface area (Å²) in [6.07, 6.45) is -1.58. The van der Waals surface area contributed by atoms with Gasteiger partial charge in [-0.2, -0.15) is 0 Å². The van der Waals surface area contributed by atoms with Gasteiger partial charge in [0.25, 0.3) is 0 Å². The van der Waals surface area contributed by atoms with Gasteiger partial charge in [-0.3, -0.25) is 0 Å². The number of hydrogen-bond acceptors (Lipinski definition) is 5. The van der Waals surface area contributed by atoms with Gasteiger partial charge in [-0.15, -0.1) is 0 Å². The minimum Gasteiger partial charge on any atom is -0.479 e. The van der Waals surface area contributed by atoms with Crippen molar-refractivity contribution < 1.29 is 39.2 Å². The van der Waals surface area contributed by atoms with Crippen LogP contribution in [-0.2, 0) is 23.9 Å². The summed E-state index contributed by atoms with van der Waals surface area (Å²) in [4.78, 5) is 31.4. The Kier molecular flexibility index (Phi) is 2.41. The highest BCUT2D eigenvalue weighted by Crippen LogP contribution is 2.24. The predicted molar refractivity (Wildman–Crippen MR) is 36.5 cm³/mol. The molecule has 0 aromatic rings. The van der Waals surface area contributed by atoms with Crippen LogP contribution >= 0.6 is 0 Å². The maximum atomic E-state index is 10.5. The molecule has 0 spiro atoms. The Morgan fingerprint density at radius 2 is 1.64 bits per heavy atom. The van der Waals surface area contributed by atoms with E-state index in [-0.39, 0.29) is 0 Å². The van der Waals surface area contributed by atoms with Gasteiger partial charge in [0, 0.05) is 0 Å². The summed E-state index contributed by atoms with van der Waals surface area (Å²) >= 11 is 0. The van der Waals surface area contributed by atoms with E-state index in [9.17, 15) is 14.4 Å². The highest BCUT2D eigenvalue weighted by atomic mass is 16.8. The van der Waals surface area contributed by atoms with Crippen LogP contribution in [0.1, 0.15) is 0 Å². The number of carbonyl (C=O) groups is 3. The zero-order valence-corrected chi connectivity index (χ0v) is 6.67. The minimum absolute atomic E-state index is 0.617. The molecule has 0 bridgehead atoms. The maximum absolute atomic E-state index is 10.5. The third-order valence-corrected chi connectivity index (χ3v) is 1.58. The lowest BCUT2D eigenvalue weighted by Crippen LogP contribution is -2.48. The molecule has 1 rings (SSSR count). The predicted octanol–water partition coefficient (Wildman–Crippen LogP) is -1.65. The fourth-order valence-electron chi connectivity index (χ4n) is 0.899. The minimum atomic E-state index is -2.90. The van der Waals surface area contributed by atoms with Crippen molar-refractivity contribution in [3.63, 3.8) is 0 Å². The molecule has 14 heavy (non-hydrogen) atoms. The molecule has 0 saturated carbocycles. The van der Waals surface area contributed by atoms with Crippen LogP contribution in [0.4, 0.5) is 0 Å². The van der Waals surface area contributed by atoms with Gasteiger partial charge >= 0.3 is 23.7 Å². The first-order valence-electron chi connectivity index (χ1n) is 3.41. The third kappa shape index (κ3) is 1.40. The van der Waals surface area contributed by atoms with Crippen molar-refractivity contribution >= 4 is 17.9 Å². The molecular formula is C6H6O8. The largest absolute Gasteiger partial charge is 0.479 e. The molecule has 0 aliphatic carbocycles. The Bertz CT molecular complexity index is 280. The average molecular weight is 206 g/mol. The SMILES string of the molecule is O=C(O)C1COC(C(=O)O)(C(=O)O)O1. The maximum Gasteiger partial charge on any atom is 0.377 e. The van der Waals surface area contributed by atoms with E-state index < -0.39 is 36.4 Å². The van der Waals surface area contributed by atoms with Crippen LogP contribution in [-0.4, -0.2) is 51.7 Å². The van der Waals surface area contributed by atoms with E-state index in [2.05, 4.69) is 9.47 Å². The van der Waals surface area contributed by atoms with Gasteiger partial charge in [-0.25, -0.2) is 14.4 Å². The summed E-state index contributed by atoms with van der Waals surface area (Å²) in [5.41, 5.74) is 0. The lowest BCUT2D eigenvalue weighted by molar-refractivity contribution is -0.218. The van der Waals surface area contributed by atoms with E-state index in [1.165, 1.54) is 0 Å². The summed E-state index contributed by atoms with van der Waals surface area (Å²) < 4.78 is 8.65. The molecule has 0 radical (unpaired) electrons. The molecule has 1 saturated heterocycles. The monoisotopic (exact) mass is 206 g/mol. The number of ether oxygens (including phenoxy) is 2. The molecule has 1 heterocycles. The van der Waals surface area contributed by atoms with Crippen molar-refractivity contribution in [1.29, 1.82) is 0 Å². The van der Waals surface area contributed by atoms with Crippen molar-refractivity contribution in [1.82, 2.24) is 0 Å². The summed E-state index contributed by atoms with van der Waals surface area (Å²) in [5.74, 6) is -8.17. The van der Waals surface area contributed by atoms with Crippen molar-refractivity contribution in [2.24, 2.45) is 0 Å². The number of aliphatic carboxylic acids is 3. The Morgan fingerprint density at radius 1 is 1.14 bits per heavy atom. The van der Waals surface area contributed by atoms with Crippen LogP contribution in [0.5, 0.6) is 0 Å². The topological polar surface area (TPSA) is 130 Å². The van der Waals surface area contributed by atoms with E-state index in [1.807, 2.05) is 0 Å². The van der Waals surface area contributed by atoms with E-state index in [4.69, 9.17) is 15.3 Å². The summed E-state index contributed by atoms with van der Waals surface area (Å²) in [5, 5.41) is 25.4. The number of carboxylic acid groups (broad SMARTS) is 3. The molecule has 0 aromatic heterocycles. The van der Waals surface area contributed by atoms with Crippen molar-refractivity contribution in [2.45, 2.75) is 11.9 Å². The molecule has 1 aliphatic rings. The molecule has 8 heteroatoms. The standard InChI is InChI=1S/C6H6O8/c7-3(8)2-1-13-6(14-2,4(9)10)5(11)12/h2H,1H2,(H,7,8)(H,9,10)(H,11,12). The fraction of sp³-hybridized carbons (Fsp3) is 0.500. The molecular weight excluding hydrogens is 200 g/mol. The second-order valence-electron chi connectivity index (χ2n) is 2.48. The molecule has 0 aromatic carbocycles. The fourth-order valence-corrected chi connectivity index (χ4v) is 0.899. The van der Waals surface area contributed by atoms with Crippen molar-refractivity contribution in [3.05, 3.63) is 0 Å². The first-order valence-corrected chi connectivity index (χ1v) is 3.41. The van der Waals surface area contributed by atoms with E-state index >= 15 is 0 Å². The summed E-state index contributed by atoms with van der Waals surface area (Å²) in [7, 11) is 0. The van der Waals surface area contributed by atoms with Crippen molar-refractivity contribution in [3.8, 4) is 0 Å². The van der Waals surface area contributed by atoms with Gasteiger partial charge in [0.05, 0.1) is 6.61 Å². The van der Waals surface area contributed by atoms with E-state index in [0.717, 1.165) is 0 Å². The summed E-state index contributed by atoms with van der Waals surface area (Å²) in [6.45, 7) is -0.617. The lowest BCUT2D eigenvalue weighted by Gasteiger charge is -2.16. The average Bonchev–Trinajstić information content (AvgIpc) is 2.48. The molecule has 3 N–H and O–H groups in total. The molecule has 1 fully saturated rings. The lowest BCUT2D eigenvalue weighted by atomic mass is 10.3. The van der Waals surface area contributed by atoms with Crippen molar-refractivity contribution in [2.75, 3.05) is 6.61 Å². The normalized spacial score (nSPS) is 24.4. The highest BCUT2D eigenvalue weighted by Gasteiger charge is 2.57. The van der Waals surface area contributed by atoms with Gasteiger partial charge in [0.1, 0.15) is 0 Å². The van der Waals surface area contributed by atoms with Gasteiger partial charge < -0.3 is 24.8 Å². The van der Waals surface area contributed by atoms with Crippen LogP contribution in [0.25, 0.3) is 0 Å². The van der Waals surface area contributed by atoms with Gasteiger partial charge in [-0.1, -0.05) is 0 Å². The Hall–Kier alpha value is -1.67. The zero-order chi connectivity index (χ0) is 10.9. The number of rotatable bonds is 3. The number of hydrogen-bond donors (Lipinski definition) is 3. The van der Waals surface area contributed by atoms with E-state index in [0.29, 0.717) is 0 Å². The van der Waals surface area contributed by atoms with Crippen LogP contribution in [0.3, 0.4) is 0 Å². The molecule has 0 amide bonds. The molecule has 1 unspecified atom stereocenters. The Morgan fingerprint density at radius 3 is 1.86 bits per heavy atom.